The van der Waals surface area contributed by atoms with Crippen LogP contribution in [0.15, 0.2) is 0 Å². The van der Waals surface area contributed by atoms with Crippen molar-refractivity contribution >= 4 is 0 Å². The third-order valence-electron chi connectivity index (χ3n) is 3.91. The van der Waals surface area contributed by atoms with Crippen molar-refractivity contribution in [3.8, 4) is 0 Å². The molecule has 0 atom stereocenters. The van der Waals surface area contributed by atoms with Crippen LogP contribution in [0.3, 0.4) is 0 Å². The molecule has 2 nitrogen and oxygen atoms in total. The zero-order chi connectivity index (χ0) is 12.3. The lowest BCUT2D eigenvalue weighted by Gasteiger charge is -2.18. The van der Waals surface area contributed by atoms with E-state index in [2.05, 4.69) is 23.9 Å². The van der Waals surface area contributed by atoms with Crippen LogP contribution >= 0.6 is 0 Å². The highest BCUT2D eigenvalue weighted by Crippen LogP contribution is 2.08. The van der Waals surface area contributed by atoms with Crippen LogP contribution in [0.5, 0.6) is 0 Å². The van der Waals surface area contributed by atoms with Crippen LogP contribution < -0.4 is 0 Å². The first kappa shape index (κ1) is 15.0. The normalized spacial score (nSPS) is 25.1. The lowest BCUT2D eigenvalue weighted by Crippen LogP contribution is -2.22. The molecule has 0 aromatic rings. The Kier molecular flexibility index (Phi) is 8.72. The summed E-state index contributed by atoms with van der Waals surface area (Å²) in [4.78, 5) is 4.87. The molecule has 2 rings (SSSR count). The van der Waals surface area contributed by atoms with Crippen molar-refractivity contribution in [2.24, 2.45) is 0 Å². The molecule has 0 amide bonds. The topological polar surface area (TPSA) is 6.48 Å². The Morgan fingerprint density at radius 3 is 0.941 bits per heavy atom. The molecule has 2 aliphatic rings. The van der Waals surface area contributed by atoms with E-state index < -0.39 is 0 Å². The van der Waals surface area contributed by atoms with Crippen LogP contribution in [-0.4, -0.2) is 50.1 Å². The summed E-state index contributed by atoms with van der Waals surface area (Å²) in [5.74, 6) is 0. The van der Waals surface area contributed by atoms with Gasteiger partial charge in [-0.1, -0.05) is 32.1 Å². The zero-order valence-electron chi connectivity index (χ0n) is 12.1. The average molecular weight is 240 g/mol. The molecule has 2 aliphatic heterocycles. The standard InChI is InChI=1S/C8H17N.C7H15N/c1-9-7-5-3-2-4-6-8-9;1-8-6-4-2-3-5-7-8/h2-8H2,1H3;2-7H2,1H3. The summed E-state index contributed by atoms with van der Waals surface area (Å²) in [5.41, 5.74) is 0. The molecule has 0 aromatic carbocycles. The van der Waals surface area contributed by atoms with Gasteiger partial charge in [0.1, 0.15) is 0 Å². The predicted octanol–water partition coefficient (Wildman–Crippen LogP) is 3.37. The minimum absolute atomic E-state index is 1.32. The third-order valence-corrected chi connectivity index (χ3v) is 3.91. The zero-order valence-corrected chi connectivity index (χ0v) is 12.1. The highest BCUT2D eigenvalue weighted by atomic mass is 15.1. The number of hydrogen-bond acceptors (Lipinski definition) is 2. The van der Waals surface area contributed by atoms with Crippen LogP contribution in [0, 0.1) is 0 Å². The molecular weight excluding hydrogens is 208 g/mol. The van der Waals surface area contributed by atoms with E-state index in [0.29, 0.717) is 0 Å². The number of nitrogens with zero attached hydrogens (tertiary/aromatic N) is 2. The fourth-order valence-corrected chi connectivity index (χ4v) is 2.63. The van der Waals surface area contributed by atoms with Gasteiger partial charge in [0.2, 0.25) is 0 Å². The molecule has 2 saturated heterocycles. The Morgan fingerprint density at radius 1 is 0.412 bits per heavy atom. The number of rotatable bonds is 0. The van der Waals surface area contributed by atoms with Gasteiger partial charge in [-0.3, -0.25) is 0 Å². The van der Waals surface area contributed by atoms with Gasteiger partial charge in [0.05, 0.1) is 0 Å². The summed E-state index contributed by atoms with van der Waals surface area (Å²) >= 11 is 0. The summed E-state index contributed by atoms with van der Waals surface area (Å²) < 4.78 is 0. The molecule has 0 aromatic heterocycles. The highest BCUT2D eigenvalue weighted by Gasteiger charge is 2.02. The molecule has 0 spiro atoms. The fourth-order valence-electron chi connectivity index (χ4n) is 2.63. The van der Waals surface area contributed by atoms with Crippen molar-refractivity contribution in [1.82, 2.24) is 9.80 Å². The van der Waals surface area contributed by atoms with E-state index in [-0.39, 0.29) is 0 Å². The van der Waals surface area contributed by atoms with Crippen molar-refractivity contribution in [3.63, 3.8) is 0 Å². The van der Waals surface area contributed by atoms with E-state index in [1.54, 1.807) is 0 Å². The quantitative estimate of drug-likeness (QED) is 0.640. The van der Waals surface area contributed by atoms with E-state index in [1.165, 1.54) is 84.0 Å². The van der Waals surface area contributed by atoms with Gasteiger partial charge >= 0.3 is 0 Å². The second kappa shape index (κ2) is 9.90. The first-order valence-corrected chi connectivity index (χ1v) is 7.66. The van der Waals surface area contributed by atoms with Crippen molar-refractivity contribution in [2.75, 3.05) is 40.3 Å². The summed E-state index contributed by atoms with van der Waals surface area (Å²) in [6.45, 7) is 5.28. The van der Waals surface area contributed by atoms with Crippen LogP contribution in [-0.2, 0) is 0 Å². The van der Waals surface area contributed by atoms with E-state index in [9.17, 15) is 0 Å². The Morgan fingerprint density at radius 2 is 0.647 bits per heavy atom. The lowest BCUT2D eigenvalue weighted by molar-refractivity contribution is 0.297. The second-order valence-corrected chi connectivity index (χ2v) is 5.79. The van der Waals surface area contributed by atoms with Gasteiger partial charge in [-0.2, -0.15) is 0 Å². The largest absolute Gasteiger partial charge is 0.306 e. The average Bonchev–Trinajstić information content (AvgIpc) is 2.52. The van der Waals surface area contributed by atoms with Gasteiger partial charge < -0.3 is 9.80 Å². The van der Waals surface area contributed by atoms with E-state index in [4.69, 9.17) is 0 Å². The second-order valence-electron chi connectivity index (χ2n) is 5.79. The smallest absolute Gasteiger partial charge is 0.00218 e. The first-order valence-electron chi connectivity index (χ1n) is 7.66. The van der Waals surface area contributed by atoms with Crippen LogP contribution in [0.25, 0.3) is 0 Å². The van der Waals surface area contributed by atoms with E-state index in [0.717, 1.165) is 0 Å². The van der Waals surface area contributed by atoms with E-state index >= 15 is 0 Å². The maximum atomic E-state index is 2.44. The summed E-state index contributed by atoms with van der Waals surface area (Å²) in [7, 11) is 4.44. The summed E-state index contributed by atoms with van der Waals surface area (Å²) in [6, 6.07) is 0. The fraction of sp³-hybridized carbons (Fsp3) is 1.00. The van der Waals surface area contributed by atoms with Gasteiger partial charge in [-0.25, -0.2) is 0 Å². The van der Waals surface area contributed by atoms with Crippen LogP contribution in [0.2, 0.25) is 0 Å². The summed E-state index contributed by atoms with van der Waals surface area (Å²) in [6.07, 6.45) is 12.9. The molecule has 17 heavy (non-hydrogen) atoms. The molecule has 0 bridgehead atoms. The van der Waals surface area contributed by atoms with Gasteiger partial charge in [0.15, 0.2) is 0 Å². The molecule has 2 heterocycles. The minimum atomic E-state index is 1.32. The number of likely N-dealkylation sites (tertiary alicyclic amines) is 2. The lowest BCUT2D eigenvalue weighted by atomic mass is 10.1. The van der Waals surface area contributed by atoms with Crippen LogP contribution in [0.4, 0.5) is 0 Å². The first-order chi connectivity index (χ1) is 8.29. The minimum Gasteiger partial charge on any atom is -0.306 e. The van der Waals surface area contributed by atoms with Crippen molar-refractivity contribution in [1.29, 1.82) is 0 Å². The van der Waals surface area contributed by atoms with Gasteiger partial charge in [0.25, 0.3) is 0 Å². The molecule has 0 unspecified atom stereocenters. The number of hydrogen-bond donors (Lipinski definition) is 0. The Hall–Kier alpha value is -0.0800. The SMILES string of the molecule is CN1CCCCCC1.CN1CCCCCCC1. The highest BCUT2D eigenvalue weighted by molar-refractivity contribution is 4.58. The molecule has 0 radical (unpaired) electrons. The van der Waals surface area contributed by atoms with Crippen molar-refractivity contribution in [3.05, 3.63) is 0 Å². The molecular formula is C15H32N2. The van der Waals surface area contributed by atoms with Gasteiger partial charge in [-0.15, -0.1) is 0 Å². The Bertz CT molecular complexity index is 154. The Balaban J connectivity index is 0.000000171. The Labute approximate surface area is 108 Å². The molecule has 102 valence electrons. The van der Waals surface area contributed by atoms with Crippen molar-refractivity contribution in [2.45, 2.75) is 57.8 Å². The van der Waals surface area contributed by atoms with Crippen LogP contribution in [0.1, 0.15) is 57.8 Å². The van der Waals surface area contributed by atoms with Crippen molar-refractivity contribution < 1.29 is 0 Å². The summed E-state index contributed by atoms with van der Waals surface area (Å²) in [5, 5.41) is 0. The molecule has 2 fully saturated rings. The van der Waals surface area contributed by atoms with E-state index in [1.807, 2.05) is 0 Å². The molecule has 0 saturated carbocycles. The maximum absolute atomic E-state index is 2.44. The maximum Gasteiger partial charge on any atom is -0.00218 e. The monoisotopic (exact) mass is 240 g/mol. The van der Waals surface area contributed by atoms with Gasteiger partial charge in [-0.05, 0) is 66.0 Å². The van der Waals surface area contributed by atoms with Gasteiger partial charge in [0, 0.05) is 0 Å². The third kappa shape index (κ3) is 8.62. The molecule has 0 N–H and O–H groups in total. The predicted molar refractivity (Wildman–Crippen MR) is 76.5 cm³/mol. The molecule has 0 aliphatic carbocycles. The molecule has 2 heteroatoms.